The van der Waals surface area contributed by atoms with Crippen molar-refractivity contribution in [1.29, 1.82) is 0 Å². The van der Waals surface area contributed by atoms with Crippen molar-refractivity contribution in [2.45, 2.75) is 18.9 Å². The largest absolute Gasteiger partial charge is 0.438 e. The first-order valence-corrected chi connectivity index (χ1v) is 11.1. The summed E-state index contributed by atoms with van der Waals surface area (Å²) in [6, 6.07) is 8.65. The highest BCUT2D eigenvalue weighted by molar-refractivity contribution is 7.93. The number of nitrogens with one attached hydrogen (secondary N) is 1. The van der Waals surface area contributed by atoms with Gasteiger partial charge in [-0.25, -0.2) is 13.4 Å². The van der Waals surface area contributed by atoms with Crippen LogP contribution in [-0.4, -0.2) is 50.7 Å². The van der Waals surface area contributed by atoms with E-state index in [0.717, 1.165) is 24.5 Å². The first kappa shape index (κ1) is 20.8. The van der Waals surface area contributed by atoms with E-state index in [2.05, 4.69) is 15.3 Å². The summed E-state index contributed by atoms with van der Waals surface area (Å²) in [6.45, 7) is 0. The topological polar surface area (TPSA) is 101 Å². The number of hydrogen-bond acceptors (Lipinski definition) is 7. The van der Waals surface area contributed by atoms with Crippen molar-refractivity contribution in [2.24, 2.45) is 5.92 Å². The molecule has 3 rings (SSSR count). The summed E-state index contributed by atoms with van der Waals surface area (Å²) in [4.78, 5) is 23.2. The second-order valence-corrected chi connectivity index (χ2v) is 9.12. The van der Waals surface area contributed by atoms with Crippen LogP contribution in [-0.2, 0) is 9.84 Å². The Morgan fingerprint density at radius 2 is 1.97 bits per heavy atom. The van der Waals surface area contributed by atoms with Crippen molar-refractivity contribution in [3.63, 3.8) is 0 Å². The Bertz CT molecular complexity index is 1000. The molecule has 1 atom stereocenters. The number of amides is 1. The van der Waals surface area contributed by atoms with Gasteiger partial charge in [0.2, 0.25) is 11.8 Å². The monoisotopic (exact) mass is 416 g/mol. The lowest BCUT2D eigenvalue weighted by Crippen LogP contribution is -2.35. The fourth-order valence-corrected chi connectivity index (χ4v) is 3.10. The number of hydrogen-bond donors (Lipinski definition) is 1. The van der Waals surface area contributed by atoms with Crippen LogP contribution in [0.15, 0.2) is 48.0 Å². The number of benzene rings is 1. The van der Waals surface area contributed by atoms with Gasteiger partial charge in [-0.05, 0) is 30.9 Å². The molecule has 1 aromatic heterocycles. The zero-order chi connectivity index (χ0) is 21.0. The predicted octanol–water partition coefficient (Wildman–Crippen LogP) is 2.40. The van der Waals surface area contributed by atoms with Crippen molar-refractivity contribution >= 4 is 21.7 Å². The van der Waals surface area contributed by atoms with Crippen LogP contribution in [0, 0.1) is 5.92 Å². The molecular weight excluding hydrogens is 392 g/mol. The molecule has 8 nitrogen and oxygen atoms in total. The molecule has 0 spiro atoms. The summed E-state index contributed by atoms with van der Waals surface area (Å²) in [5.74, 6) is 0.881. The maximum Gasteiger partial charge on any atom is 0.258 e. The van der Waals surface area contributed by atoms with Gasteiger partial charge < -0.3 is 15.0 Å². The molecule has 1 aromatic carbocycles. The third-order valence-electron chi connectivity index (χ3n) is 4.30. The third kappa shape index (κ3) is 6.02. The van der Waals surface area contributed by atoms with E-state index >= 15 is 0 Å². The molecule has 1 N–H and O–H groups in total. The molecule has 154 valence electrons. The van der Waals surface area contributed by atoms with E-state index in [9.17, 15) is 13.2 Å². The normalized spacial score (nSPS) is 15.1. The Kier molecular flexibility index (Phi) is 6.17. The van der Waals surface area contributed by atoms with E-state index in [4.69, 9.17) is 4.74 Å². The first-order chi connectivity index (χ1) is 13.7. The number of para-hydroxylation sites is 1. The molecule has 1 saturated carbocycles. The van der Waals surface area contributed by atoms with Crippen molar-refractivity contribution in [1.82, 2.24) is 15.3 Å². The summed E-state index contributed by atoms with van der Waals surface area (Å²) in [5, 5.41) is 4.01. The van der Waals surface area contributed by atoms with E-state index in [1.165, 1.54) is 12.3 Å². The van der Waals surface area contributed by atoms with Crippen molar-refractivity contribution < 1.29 is 17.9 Å². The van der Waals surface area contributed by atoms with E-state index in [0.29, 0.717) is 11.7 Å². The highest BCUT2D eigenvalue weighted by atomic mass is 32.2. The molecule has 1 heterocycles. The molecule has 1 aliphatic carbocycles. The number of aromatic nitrogens is 2. The standard InChI is InChI=1S/C20H24N4O4S/c1-24(2)20-21-13-16(19(23-20)28-15-7-5-4-6-8-15)18(25)22-17(14-9-10-14)11-12-29(3,26)27/h4-8,11-14,17H,9-10H2,1-3H3,(H,22,25). The lowest BCUT2D eigenvalue weighted by atomic mass is 10.1. The molecule has 9 heteroatoms. The smallest absolute Gasteiger partial charge is 0.258 e. The fourth-order valence-electron chi connectivity index (χ4n) is 2.64. The molecule has 0 radical (unpaired) electrons. The van der Waals surface area contributed by atoms with E-state index in [-0.39, 0.29) is 23.4 Å². The third-order valence-corrected chi connectivity index (χ3v) is 4.96. The maximum atomic E-state index is 12.9. The maximum absolute atomic E-state index is 12.9. The SMILES string of the molecule is CN(C)c1ncc(C(=O)NC(C=CS(C)(=O)=O)C2CC2)c(Oc2ccccc2)n1. The average molecular weight is 417 g/mol. The summed E-state index contributed by atoms with van der Waals surface area (Å²) in [5.41, 5.74) is 0.179. The Labute approximate surface area is 170 Å². The molecule has 1 aliphatic rings. The number of rotatable bonds is 8. The zero-order valence-electron chi connectivity index (χ0n) is 16.6. The Hall–Kier alpha value is -2.94. The summed E-state index contributed by atoms with van der Waals surface area (Å²) < 4.78 is 28.7. The zero-order valence-corrected chi connectivity index (χ0v) is 17.4. The Morgan fingerprint density at radius 3 is 2.55 bits per heavy atom. The van der Waals surface area contributed by atoms with Gasteiger partial charge in [0.05, 0.1) is 6.04 Å². The Morgan fingerprint density at radius 1 is 1.28 bits per heavy atom. The van der Waals surface area contributed by atoms with Crippen molar-refractivity contribution in [2.75, 3.05) is 25.3 Å². The van der Waals surface area contributed by atoms with Crippen molar-refractivity contribution in [3.05, 3.63) is 53.6 Å². The van der Waals surface area contributed by atoms with Crippen LogP contribution >= 0.6 is 0 Å². The van der Waals surface area contributed by atoms with Gasteiger partial charge in [0, 0.05) is 32.0 Å². The first-order valence-electron chi connectivity index (χ1n) is 9.19. The minimum atomic E-state index is -3.28. The number of carbonyl (C=O) groups is 1. The molecule has 29 heavy (non-hydrogen) atoms. The molecule has 2 aromatic rings. The quantitative estimate of drug-likeness (QED) is 0.705. The molecule has 1 amide bonds. The van der Waals surface area contributed by atoms with E-state index in [1.807, 2.05) is 18.2 Å². The lowest BCUT2D eigenvalue weighted by Gasteiger charge is -2.17. The van der Waals surface area contributed by atoms with Gasteiger partial charge in [-0.2, -0.15) is 4.98 Å². The number of carbonyl (C=O) groups excluding carboxylic acids is 1. The van der Waals surface area contributed by atoms with Crippen LogP contribution in [0.3, 0.4) is 0 Å². The van der Waals surface area contributed by atoms with Gasteiger partial charge >= 0.3 is 0 Å². The number of nitrogens with zero attached hydrogens (tertiary/aromatic N) is 3. The van der Waals surface area contributed by atoms with Gasteiger partial charge in [0.15, 0.2) is 9.84 Å². The van der Waals surface area contributed by atoms with Crippen LogP contribution in [0.2, 0.25) is 0 Å². The highest BCUT2D eigenvalue weighted by Gasteiger charge is 2.32. The van der Waals surface area contributed by atoms with Gasteiger partial charge in [-0.15, -0.1) is 0 Å². The Balaban J connectivity index is 1.87. The molecule has 1 fully saturated rings. The van der Waals surface area contributed by atoms with Crippen LogP contribution in [0.5, 0.6) is 11.6 Å². The van der Waals surface area contributed by atoms with Crippen molar-refractivity contribution in [3.8, 4) is 11.6 Å². The molecule has 1 unspecified atom stereocenters. The van der Waals surface area contributed by atoms with E-state index < -0.39 is 15.7 Å². The molecule has 0 saturated heterocycles. The van der Waals surface area contributed by atoms with Gasteiger partial charge in [0.1, 0.15) is 11.3 Å². The second-order valence-electron chi connectivity index (χ2n) is 7.19. The highest BCUT2D eigenvalue weighted by Crippen LogP contribution is 2.34. The lowest BCUT2D eigenvalue weighted by molar-refractivity contribution is 0.0937. The van der Waals surface area contributed by atoms with E-state index in [1.54, 1.807) is 31.1 Å². The fraction of sp³-hybridized carbons (Fsp3) is 0.350. The average Bonchev–Trinajstić information content (AvgIpc) is 3.50. The van der Waals surface area contributed by atoms with Gasteiger partial charge in [-0.1, -0.05) is 24.3 Å². The number of anilines is 1. The molecular formula is C20H24N4O4S. The minimum Gasteiger partial charge on any atom is -0.438 e. The summed E-state index contributed by atoms with van der Waals surface area (Å²) in [6.07, 6.45) is 5.93. The van der Waals surface area contributed by atoms with Crippen LogP contribution in [0.25, 0.3) is 0 Å². The second kappa shape index (κ2) is 8.60. The number of sulfone groups is 1. The number of ether oxygens (including phenoxy) is 1. The van der Waals surface area contributed by atoms with Crippen LogP contribution < -0.4 is 15.0 Å². The molecule has 0 bridgehead atoms. The van der Waals surface area contributed by atoms with Crippen LogP contribution in [0.1, 0.15) is 23.2 Å². The summed E-state index contributed by atoms with van der Waals surface area (Å²) in [7, 11) is 0.308. The molecule has 0 aliphatic heterocycles. The van der Waals surface area contributed by atoms with Crippen LogP contribution in [0.4, 0.5) is 5.95 Å². The van der Waals surface area contributed by atoms with Gasteiger partial charge in [-0.3, -0.25) is 4.79 Å². The summed E-state index contributed by atoms with van der Waals surface area (Å²) >= 11 is 0. The predicted molar refractivity (Wildman–Crippen MR) is 111 cm³/mol. The van der Waals surface area contributed by atoms with Gasteiger partial charge in [0.25, 0.3) is 5.91 Å². The minimum absolute atomic E-state index is 0.133.